The number of fused-ring (bicyclic) bond motifs is 2. The second-order valence-corrected chi connectivity index (χ2v) is 9.44. The maximum atomic E-state index is 13.0. The van der Waals surface area contributed by atoms with Crippen LogP contribution >= 0.6 is 0 Å². The van der Waals surface area contributed by atoms with Gasteiger partial charge in [0.05, 0.1) is 18.8 Å². The molecule has 8 nitrogen and oxygen atoms in total. The number of benzene rings is 1. The van der Waals surface area contributed by atoms with E-state index in [1.165, 1.54) is 5.56 Å². The molecule has 3 heterocycles. The molecule has 2 amide bonds. The van der Waals surface area contributed by atoms with E-state index in [2.05, 4.69) is 32.4 Å². The van der Waals surface area contributed by atoms with Crippen LogP contribution in [0.3, 0.4) is 0 Å². The molecule has 5 rings (SSSR count). The van der Waals surface area contributed by atoms with Crippen molar-refractivity contribution in [3.8, 4) is 0 Å². The van der Waals surface area contributed by atoms with Gasteiger partial charge in [-0.25, -0.2) is 4.98 Å². The second-order valence-electron chi connectivity index (χ2n) is 9.44. The van der Waals surface area contributed by atoms with Crippen molar-refractivity contribution in [3.63, 3.8) is 0 Å². The molecule has 2 atom stereocenters. The molecule has 2 N–H and O–H groups in total. The van der Waals surface area contributed by atoms with Crippen molar-refractivity contribution in [1.29, 1.82) is 0 Å². The van der Waals surface area contributed by atoms with Crippen LogP contribution in [0.25, 0.3) is 0 Å². The molecular weight excluding hydrogens is 442 g/mol. The number of hydrogen-bond donors (Lipinski definition) is 2. The van der Waals surface area contributed by atoms with Gasteiger partial charge in [0.2, 0.25) is 5.91 Å². The van der Waals surface area contributed by atoms with Gasteiger partial charge in [-0.05, 0) is 42.5 Å². The minimum atomic E-state index is -0.305. The number of pyridine rings is 1. The fourth-order valence-electron chi connectivity index (χ4n) is 5.55. The van der Waals surface area contributed by atoms with Crippen LogP contribution in [-0.4, -0.2) is 50.9 Å². The third-order valence-corrected chi connectivity index (χ3v) is 7.32. The average Bonchev–Trinajstić information content (AvgIpc) is 3.43. The molecule has 2 aliphatic rings. The number of carbonyl (C=O) groups is 2. The zero-order valence-corrected chi connectivity index (χ0v) is 20.2. The van der Waals surface area contributed by atoms with E-state index in [-0.39, 0.29) is 29.4 Å². The Kier molecular flexibility index (Phi) is 6.38. The summed E-state index contributed by atoms with van der Waals surface area (Å²) in [5.41, 5.74) is 3.86. The maximum Gasteiger partial charge on any atom is 0.289 e. The molecule has 0 saturated carbocycles. The SMILES string of the molecule is CCC(=O)N[C@@H]1c2ccccc2C2(CCN(C(=O)c3ncc(C)[nH]3)CC2)[C@H]1OCc1cccnc1. The van der Waals surface area contributed by atoms with E-state index in [9.17, 15) is 9.59 Å². The smallest absolute Gasteiger partial charge is 0.289 e. The fourth-order valence-corrected chi connectivity index (χ4v) is 5.55. The van der Waals surface area contributed by atoms with Crippen LogP contribution in [0.15, 0.2) is 55.0 Å². The van der Waals surface area contributed by atoms with Gasteiger partial charge in [0.1, 0.15) is 0 Å². The van der Waals surface area contributed by atoms with E-state index < -0.39 is 0 Å². The van der Waals surface area contributed by atoms with Crippen molar-refractivity contribution in [2.24, 2.45) is 0 Å². The first kappa shape index (κ1) is 23.2. The lowest BCUT2D eigenvalue weighted by atomic mass is 9.71. The van der Waals surface area contributed by atoms with Gasteiger partial charge in [-0.2, -0.15) is 0 Å². The minimum Gasteiger partial charge on any atom is -0.370 e. The van der Waals surface area contributed by atoms with Crippen molar-refractivity contribution in [2.75, 3.05) is 13.1 Å². The Morgan fingerprint density at radius 2 is 1.97 bits per heavy atom. The summed E-state index contributed by atoms with van der Waals surface area (Å²) in [6.07, 6.45) is 6.87. The highest BCUT2D eigenvalue weighted by atomic mass is 16.5. The lowest BCUT2D eigenvalue weighted by Gasteiger charge is -2.44. The van der Waals surface area contributed by atoms with Crippen LogP contribution < -0.4 is 5.32 Å². The normalized spacial score (nSPS) is 20.6. The highest BCUT2D eigenvalue weighted by Gasteiger charge is 2.54. The Labute approximate surface area is 205 Å². The molecule has 8 heteroatoms. The zero-order chi connectivity index (χ0) is 24.4. The van der Waals surface area contributed by atoms with Crippen LogP contribution in [0.2, 0.25) is 0 Å². The monoisotopic (exact) mass is 473 g/mol. The first-order valence-corrected chi connectivity index (χ1v) is 12.2. The molecule has 3 aromatic rings. The topological polar surface area (TPSA) is 100 Å². The number of likely N-dealkylation sites (tertiary alicyclic amines) is 1. The quantitative estimate of drug-likeness (QED) is 0.571. The summed E-state index contributed by atoms with van der Waals surface area (Å²) in [7, 11) is 0. The van der Waals surface area contributed by atoms with Gasteiger partial charge in [-0.1, -0.05) is 37.3 Å². The summed E-state index contributed by atoms with van der Waals surface area (Å²) in [5.74, 6) is 0.295. The molecular formula is C27H31N5O3. The van der Waals surface area contributed by atoms with Crippen LogP contribution in [0.4, 0.5) is 0 Å². The molecule has 182 valence electrons. The number of hydrogen-bond acceptors (Lipinski definition) is 5. The van der Waals surface area contributed by atoms with E-state index in [4.69, 9.17) is 4.74 Å². The Hall–Kier alpha value is -3.52. The molecule has 1 spiro atoms. The minimum absolute atomic E-state index is 0.00219. The van der Waals surface area contributed by atoms with E-state index >= 15 is 0 Å². The van der Waals surface area contributed by atoms with Crippen LogP contribution in [0.5, 0.6) is 0 Å². The predicted molar refractivity (Wildman–Crippen MR) is 131 cm³/mol. The number of aryl methyl sites for hydroxylation is 1. The number of aromatic nitrogens is 3. The van der Waals surface area contributed by atoms with Crippen LogP contribution in [-0.2, 0) is 21.6 Å². The maximum absolute atomic E-state index is 13.0. The van der Waals surface area contributed by atoms with Crippen molar-refractivity contribution in [2.45, 2.75) is 57.3 Å². The number of nitrogens with zero attached hydrogens (tertiary/aromatic N) is 3. The molecule has 0 unspecified atom stereocenters. The van der Waals surface area contributed by atoms with Gasteiger partial charge in [0.25, 0.3) is 5.91 Å². The van der Waals surface area contributed by atoms with Crippen molar-refractivity contribution < 1.29 is 14.3 Å². The summed E-state index contributed by atoms with van der Waals surface area (Å²) in [5, 5.41) is 3.23. The molecule has 0 bridgehead atoms. The van der Waals surface area contributed by atoms with Crippen molar-refractivity contribution in [1.82, 2.24) is 25.2 Å². The van der Waals surface area contributed by atoms with E-state index in [0.717, 1.165) is 29.7 Å². The molecule has 1 aliphatic heterocycles. The molecule has 0 radical (unpaired) electrons. The number of piperidine rings is 1. The first-order chi connectivity index (χ1) is 17.0. The molecule has 2 aromatic heterocycles. The van der Waals surface area contributed by atoms with Crippen LogP contribution in [0.1, 0.15) is 65.2 Å². The van der Waals surface area contributed by atoms with Crippen LogP contribution in [0, 0.1) is 6.92 Å². The molecule has 1 aromatic carbocycles. The van der Waals surface area contributed by atoms with E-state index in [1.807, 2.05) is 43.0 Å². The largest absolute Gasteiger partial charge is 0.370 e. The number of nitrogens with one attached hydrogen (secondary N) is 2. The average molecular weight is 474 g/mol. The Bertz CT molecular complexity index is 1200. The summed E-state index contributed by atoms with van der Waals surface area (Å²) < 4.78 is 6.63. The fraction of sp³-hybridized carbons (Fsp3) is 0.407. The summed E-state index contributed by atoms with van der Waals surface area (Å²) in [6, 6.07) is 12.0. The Morgan fingerprint density at radius 1 is 1.17 bits per heavy atom. The second kappa shape index (κ2) is 9.62. The molecule has 1 aliphatic carbocycles. The highest BCUT2D eigenvalue weighted by Crippen LogP contribution is 2.52. The van der Waals surface area contributed by atoms with E-state index in [1.54, 1.807) is 18.6 Å². The van der Waals surface area contributed by atoms with Gasteiger partial charge in [-0.15, -0.1) is 0 Å². The Morgan fingerprint density at radius 3 is 2.66 bits per heavy atom. The van der Waals surface area contributed by atoms with Gasteiger partial charge in [0, 0.05) is 49.2 Å². The molecule has 1 saturated heterocycles. The van der Waals surface area contributed by atoms with Gasteiger partial charge in [0.15, 0.2) is 5.82 Å². The van der Waals surface area contributed by atoms with Gasteiger partial charge in [-0.3, -0.25) is 14.6 Å². The molecule has 35 heavy (non-hydrogen) atoms. The number of aromatic amines is 1. The standard InChI is InChI=1S/C27H31N5O3/c1-3-22(33)31-23-20-8-4-5-9-21(20)27(24(23)35-17-19-7-6-12-28-16-19)10-13-32(14-11-27)26(34)25-29-15-18(2)30-25/h4-9,12,15-16,23-24H,3,10-11,13-14,17H2,1-2H3,(H,29,30)(H,31,33)/t23-,24+/m1/s1. The summed E-state index contributed by atoms with van der Waals surface area (Å²) in [6.45, 7) is 5.33. The summed E-state index contributed by atoms with van der Waals surface area (Å²) >= 11 is 0. The number of ether oxygens (including phenoxy) is 1. The number of imidazole rings is 1. The number of carbonyl (C=O) groups excluding carboxylic acids is 2. The van der Waals surface area contributed by atoms with Gasteiger partial charge >= 0.3 is 0 Å². The zero-order valence-electron chi connectivity index (χ0n) is 20.2. The first-order valence-electron chi connectivity index (χ1n) is 12.2. The van der Waals surface area contributed by atoms with Crippen molar-refractivity contribution >= 4 is 11.8 Å². The van der Waals surface area contributed by atoms with Gasteiger partial charge < -0.3 is 19.9 Å². The lowest BCUT2D eigenvalue weighted by molar-refractivity contribution is -0.123. The predicted octanol–water partition coefficient (Wildman–Crippen LogP) is 3.45. The Balaban J connectivity index is 1.44. The third-order valence-electron chi connectivity index (χ3n) is 7.32. The molecule has 1 fully saturated rings. The number of H-pyrrole nitrogens is 1. The highest BCUT2D eigenvalue weighted by molar-refractivity contribution is 5.90. The number of rotatable bonds is 6. The lowest BCUT2D eigenvalue weighted by Crippen LogP contribution is -2.52. The van der Waals surface area contributed by atoms with E-state index in [0.29, 0.717) is 31.9 Å². The van der Waals surface area contributed by atoms with Crippen molar-refractivity contribution in [3.05, 3.63) is 83.2 Å². The number of amides is 2. The third kappa shape index (κ3) is 4.34. The summed E-state index contributed by atoms with van der Waals surface area (Å²) in [4.78, 5) is 38.9.